The third kappa shape index (κ3) is 5.93. The molecule has 6 nitrogen and oxygen atoms in total. The lowest BCUT2D eigenvalue weighted by Crippen LogP contribution is -2.24. The Labute approximate surface area is 213 Å². The van der Waals surface area contributed by atoms with Gasteiger partial charge in [0.1, 0.15) is 11.9 Å². The molecule has 2 atom stereocenters. The first-order valence-corrected chi connectivity index (χ1v) is 13.2. The molecule has 2 aromatic carbocycles. The van der Waals surface area contributed by atoms with E-state index in [9.17, 15) is 9.90 Å². The van der Waals surface area contributed by atoms with Crippen LogP contribution in [0.1, 0.15) is 70.8 Å². The first-order chi connectivity index (χ1) is 17.6. The van der Waals surface area contributed by atoms with Crippen LogP contribution in [0.4, 0.5) is 0 Å². The molecule has 6 heteroatoms. The molecule has 0 radical (unpaired) electrons. The molecule has 0 unspecified atom stereocenters. The van der Waals surface area contributed by atoms with Crippen LogP contribution in [0, 0.1) is 0 Å². The van der Waals surface area contributed by atoms with Gasteiger partial charge in [-0.3, -0.25) is 0 Å². The maximum atomic E-state index is 12.0. The molecule has 3 aromatic rings. The van der Waals surface area contributed by atoms with Gasteiger partial charge in [-0.05, 0) is 42.2 Å². The third-order valence-corrected chi connectivity index (χ3v) is 6.75. The number of nitrogens with zero attached hydrogens (tertiary/aromatic N) is 2. The molecule has 1 aliphatic rings. The number of rotatable bonds is 14. The summed E-state index contributed by atoms with van der Waals surface area (Å²) >= 11 is 0. The van der Waals surface area contributed by atoms with Crippen LogP contribution < -0.4 is 4.74 Å². The van der Waals surface area contributed by atoms with E-state index in [1.807, 2.05) is 49.4 Å². The Kier molecular flexibility index (Phi) is 8.70. The number of carboxylic acids is 1. The molecule has 0 saturated carbocycles. The number of hydrogen-bond acceptors (Lipinski definition) is 5. The first-order valence-electron chi connectivity index (χ1n) is 13.2. The number of benzene rings is 2. The van der Waals surface area contributed by atoms with Gasteiger partial charge in [-0.2, -0.15) is 0 Å². The zero-order valence-electron chi connectivity index (χ0n) is 21.3. The molecule has 1 aliphatic heterocycles. The van der Waals surface area contributed by atoms with Crippen molar-refractivity contribution < 1.29 is 19.4 Å². The van der Waals surface area contributed by atoms with E-state index in [2.05, 4.69) is 16.9 Å². The molecule has 0 aliphatic carbocycles. The van der Waals surface area contributed by atoms with Crippen molar-refractivity contribution >= 4 is 5.97 Å². The Balaban J connectivity index is 1.37. The first kappa shape index (κ1) is 25.8. The van der Waals surface area contributed by atoms with Gasteiger partial charge < -0.3 is 14.6 Å². The molecule has 2 heterocycles. The van der Waals surface area contributed by atoms with Crippen molar-refractivity contribution in [3.8, 4) is 28.3 Å². The van der Waals surface area contributed by atoms with E-state index in [0.717, 1.165) is 41.9 Å². The number of aliphatic carboxylic acids is 1. The van der Waals surface area contributed by atoms with Gasteiger partial charge in [0.2, 0.25) is 5.60 Å². The minimum atomic E-state index is -1.26. The van der Waals surface area contributed by atoms with Crippen molar-refractivity contribution in [1.29, 1.82) is 0 Å². The Bertz CT molecular complexity index is 1130. The van der Waals surface area contributed by atoms with E-state index in [0.29, 0.717) is 17.8 Å². The van der Waals surface area contributed by atoms with Crippen molar-refractivity contribution in [3.05, 3.63) is 66.5 Å². The summed E-state index contributed by atoms with van der Waals surface area (Å²) in [6, 6.07) is 15.4. The summed E-state index contributed by atoms with van der Waals surface area (Å²) < 4.78 is 11.6. The van der Waals surface area contributed by atoms with Crippen molar-refractivity contribution in [2.75, 3.05) is 6.61 Å². The molecule has 36 heavy (non-hydrogen) atoms. The van der Waals surface area contributed by atoms with E-state index in [-0.39, 0.29) is 6.10 Å². The minimum Gasteiger partial charge on any atom is -0.494 e. The highest BCUT2D eigenvalue weighted by Crippen LogP contribution is 2.49. The van der Waals surface area contributed by atoms with Gasteiger partial charge in [-0.15, -0.1) is 0 Å². The molecule has 1 saturated heterocycles. The highest BCUT2D eigenvalue weighted by molar-refractivity contribution is 5.84. The SMILES string of the molecule is CCCCCCCCOc1ccc(-c2cnc(-c3cccc([C@@]4(C(=O)O)O[C@@H]4CCC)c3)nc2)cc1. The second-order valence-corrected chi connectivity index (χ2v) is 9.45. The summed E-state index contributed by atoms with van der Waals surface area (Å²) in [6.07, 6.45) is 12.4. The number of hydrogen-bond donors (Lipinski definition) is 1. The predicted octanol–water partition coefficient (Wildman–Crippen LogP) is 7.03. The fraction of sp³-hybridized carbons (Fsp3) is 0.433. The van der Waals surface area contributed by atoms with Gasteiger partial charge in [0.15, 0.2) is 5.82 Å². The molecular weight excluding hydrogens is 452 g/mol. The standard InChI is InChI=1S/C30H36N2O4/c1-3-5-6-7-8-9-18-35-26-16-14-22(15-17-26)24-20-31-28(32-21-24)23-12-10-13-25(19-23)30(29(33)34)27(36-30)11-4-2/h10,12-17,19-21,27H,3-9,11,18H2,1-2H3,(H,33,34)/t27-,30-/m1/s1. The summed E-state index contributed by atoms with van der Waals surface area (Å²) in [5, 5.41) is 9.83. The molecule has 1 aromatic heterocycles. The fourth-order valence-corrected chi connectivity index (χ4v) is 4.61. The topological polar surface area (TPSA) is 84.8 Å². The molecule has 0 bridgehead atoms. The second-order valence-electron chi connectivity index (χ2n) is 9.45. The van der Waals surface area contributed by atoms with Crippen LogP contribution in [0.2, 0.25) is 0 Å². The molecule has 4 rings (SSSR count). The lowest BCUT2D eigenvalue weighted by molar-refractivity contribution is -0.143. The number of ether oxygens (including phenoxy) is 2. The molecule has 1 N–H and O–H groups in total. The number of aromatic nitrogens is 2. The van der Waals surface area contributed by atoms with E-state index < -0.39 is 11.6 Å². The van der Waals surface area contributed by atoms with Crippen molar-refractivity contribution in [2.24, 2.45) is 0 Å². The molecule has 1 fully saturated rings. The van der Waals surface area contributed by atoms with Crippen molar-refractivity contribution in [2.45, 2.75) is 76.9 Å². The van der Waals surface area contributed by atoms with Gasteiger partial charge >= 0.3 is 5.97 Å². The zero-order chi connectivity index (χ0) is 25.4. The van der Waals surface area contributed by atoms with Gasteiger partial charge in [-0.25, -0.2) is 14.8 Å². The maximum Gasteiger partial charge on any atom is 0.343 e. The molecular formula is C30H36N2O4. The second kappa shape index (κ2) is 12.1. The van der Waals surface area contributed by atoms with Crippen LogP contribution in [0.25, 0.3) is 22.5 Å². The van der Waals surface area contributed by atoms with Gasteiger partial charge in [-0.1, -0.05) is 82.7 Å². The zero-order valence-corrected chi connectivity index (χ0v) is 21.3. The minimum absolute atomic E-state index is 0.295. The average molecular weight is 489 g/mol. The summed E-state index contributed by atoms with van der Waals surface area (Å²) in [5.41, 5.74) is 2.07. The smallest absolute Gasteiger partial charge is 0.343 e. The van der Waals surface area contributed by atoms with Crippen LogP contribution in [-0.4, -0.2) is 33.8 Å². The highest BCUT2D eigenvalue weighted by Gasteiger charge is 2.63. The summed E-state index contributed by atoms with van der Waals surface area (Å²) in [5.74, 6) is 0.471. The van der Waals surface area contributed by atoms with Crippen LogP contribution in [0.3, 0.4) is 0 Å². The molecule has 190 valence electrons. The van der Waals surface area contributed by atoms with E-state index in [4.69, 9.17) is 9.47 Å². The number of carbonyl (C=O) groups is 1. The van der Waals surface area contributed by atoms with Crippen LogP contribution in [0.5, 0.6) is 5.75 Å². The lowest BCUT2D eigenvalue weighted by atomic mass is 9.92. The normalized spacial score (nSPS) is 18.7. The average Bonchev–Trinajstić information content (AvgIpc) is 3.64. The van der Waals surface area contributed by atoms with E-state index in [1.54, 1.807) is 18.5 Å². The predicted molar refractivity (Wildman–Crippen MR) is 141 cm³/mol. The molecule has 0 amide bonds. The number of carboxylic acid groups (broad SMARTS) is 1. The summed E-state index contributed by atoms with van der Waals surface area (Å²) in [6.45, 7) is 5.00. The number of epoxide rings is 1. The maximum absolute atomic E-state index is 12.0. The third-order valence-electron chi connectivity index (χ3n) is 6.75. The quantitative estimate of drug-likeness (QED) is 0.194. The van der Waals surface area contributed by atoms with Gasteiger partial charge in [0.25, 0.3) is 0 Å². The summed E-state index contributed by atoms with van der Waals surface area (Å²) in [7, 11) is 0. The Morgan fingerprint density at radius 2 is 1.64 bits per heavy atom. The Hall–Kier alpha value is -3.25. The monoisotopic (exact) mass is 488 g/mol. The largest absolute Gasteiger partial charge is 0.494 e. The van der Waals surface area contributed by atoms with E-state index in [1.165, 1.54) is 32.1 Å². The molecule has 0 spiro atoms. The van der Waals surface area contributed by atoms with E-state index >= 15 is 0 Å². The van der Waals surface area contributed by atoms with Gasteiger partial charge in [0, 0.05) is 23.5 Å². The van der Waals surface area contributed by atoms with Crippen LogP contribution in [-0.2, 0) is 15.1 Å². The van der Waals surface area contributed by atoms with Crippen molar-refractivity contribution in [3.63, 3.8) is 0 Å². The Morgan fingerprint density at radius 3 is 2.33 bits per heavy atom. The van der Waals surface area contributed by atoms with Crippen LogP contribution >= 0.6 is 0 Å². The van der Waals surface area contributed by atoms with Crippen molar-refractivity contribution in [1.82, 2.24) is 9.97 Å². The lowest BCUT2D eigenvalue weighted by Gasteiger charge is -2.10. The number of unbranched alkanes of at least 4 members (excludes halogenated alkanes) is 5. The van der Waals surface area contributed by atoms with Crippen LogP contribution in [0.15, 0.2) is 60.9 Å². The highest BCUT2D eigenvalue weighted by atomic mass is 16.6. The Morgan fingerprint density at radius 1 is 0.917 bits per heavy atom. The fourth-order valence-electron chi connectivity index (χ4n) is 4.61. The summed E-state index contributed by atoms with van der Waals surface area (Å²) in [4.78, 5) is 21.1. The van der Waals surface area contributed by atoms with Gasteiger partial charge in [0.05, 0.1) is 6.61 Å².